The van der Waals surface area contributed by atoms with Crippen LogP contribution in [-0.4, -0.2) is 26.2 Å². The predicted molar refractivity (Wildman–Crippen MR) is 77.7 cm³/mol. The zero-order chi connectivity index (χ0) is 15.2. The third kappa shape index (κ3) is 3.79. The van der Waals surface area contributed by atoms with Gasteiger partial charge in [-0.2, -0.15) is 0 Å². The second-order valence-corrected chi connectivity index (χ2v) is 4.38. The maximum Gasteiger partial charge on any atom is 0.338 e. The van der Waals surface area contributed by atoms with E-state index in [4.69, 9.17) is 15.2 Å². The Morgan fingerprint density at radius 3 is 2.48 bits per heavy atom. The molecular weight excluding hydrogens is 273 g/mol. The van der Waals surface area contributed by atoms with Gasteiger partial charge in [-0.3, -0.25) is 0 Å². The van der Waals surface area contributed by atoms with E-state index >= 15 is 0 Å². The monoisotopic (exact) mass is 289 g/mol. The molecule has 0 saturated heterocycles. The number of hydrogen-bond acceptors (Lipinski definition) is 4. The average molecular weight is 289 g/mol. The van der Waals surface area contributed by atoms with Crippen molar-refractivity contribution in [2.24, 2.45) is 5.73 Å². The standard InChI is InChI=1S/C16H16FNO3/c1-20-16(19)13-8-12(9-15(10-13)21-7-6-18)11-2-4-14(17)5-3-11/h2-5,8-10H,6-7,18H2,1H3. The summed E-state index contributed by atoms with van der Waals surface area (Å²) in [6.45, 7) is 0.710. The lowest BCUT2D eigenvalue weighted by Crippen LogP contribution is -2.11. The molecule has 0 fully saturated rings. The first-order valence-electron chi connectivity index (χ1n) is 6.46. The van der Waals surface area contributed by atoms with E-state index in [2.05, 4.69) is 0 Å². The Morgan fingerprint density at radius 1 is 1.14 bits per heavy atom. The fraction of sp³-hybridized carbons (Fsp3) is 0.188. The Labute approximate surface area is 122 Å². The summed E-state index contributed by atoms with van der Waals surface area (Å²) in [6, 6.07) is 11.0. The minimum atomic E-state index is -0.462. The quantitative estimate of drug-likeness (QED) is 0.859. The smallest absolute Gasteiger partial charge is 0.338 e. The molecule has 0 spiro atoms. The summed E-state index contributed by atoms with van der Waals surface area (Å²) in [7, 11) is 1.31. The summed E-state index contributed by atoms with van der Waals surface area (Å²) >= 11 is 0. The molecule has 0 radical (unpaired) electrons. The van der Waals surface area contributed by atoms with Crippen LogP contribution in [-0.2, 0) is 4.74 Å². The van der Waals surface area contributed by atoms with Crippen molar-refractivity contribution in [3.63, 3.8) is 0 Å². The average Bonchev–Trinajstić information content (AvgIpc) is 2.52. The van der Waals surface area contributed by atoms with Crippen LogP contribution < -0.4 is 10.5 Å². The molecule has 0 atom stereocenters. The molecule has 2 N–H and O–H groups in total. The zero-order valence-electron chi connectivity index (χ0n) is 11.6. The minimum Gasteiger partial charge on any atom is -0.492 e. The summed E-state index contributed by atoms with van der Waals surface area (Å²) in [5, 5.41) is 0. The molecule has 4 nitrogen and oxygen atoms in total. The molecule has 2 aromatic rings. The maximum atomic E-state index is 13.0. The maximum absolute atomic E-state index is 13.0. The topological polar surface area (TPSA) is 61.5 Å². The fourth-order valence-corrected chi connectivity index (χ4v) is 1.90. The summed E-state index contributed by atoms with van der Waals surface area (Å²) in [6.07, 6.45) is 0. The van der Waals surface area contributed by atoms with Gasteiger partial charge in [0.1, 0.15) is 18.2 Å². The largest absolute Gasteiger partial charge is 0.492 e. The van der Waals surface area contributed by atoms with Crippen molar-refractivity contribution in [1.82, 2.24) is 0 Å². The molecule has 0 bridgehead atoms. The van der Waals surface area contributed by atoms with Gasteiger partial charge in [0.15, 0.2) is 0 Å². The van der Waals surface area contributed by atoms with Crippen LogP contribution in [0, 0.1) is 5.82 Å². The van der Waals surface area contributed by atoms with Gasteiger partial charge in [-0.05, 0) is 41.5 Å². The van der Waals surface area contributed by atoms with Crippen LogP contribution in [0.3, 0.4) is 0 Å². The Hall–Kier alpha value is -2.40. The number of halogens is 1. The molecule has 0 aliphatic carbocycles. The summed E-state index contributed by atoms with van der Waals surface area (Å²) in [5.41, 5.74) is 7.29. The van der Waals surface area contributed by atoms with Crippen molar-refractivity contribution >= 4 is 5.97 Å². The molecule has 0 aliphatic heterocycles. The van der Waals surface area contributed by atoms with Gasteiger partial charge in [0.05, 0.1) is 12.7 Å². The lowest BCUT2D eigenvalue weighted by atomic mass is 10.0. The highest BCUT2D eigenvalue weighted by Gasteiger charge is 2.11. The van der Waals surface area contributed by atoms with Gasteiger partial charge >= 0.3 is 5.97 Å². The van der Waals surface area contributed by atoms with Crippen LogP contribution in [0.5, 0.6) is 5.75 Å². The molecule has 5 heteroatoms. The van der Waals surface area contributed by atoms with Gasteiger partial charge in [-0.15, -0.1) is 0 Å². The zero-order valence-corrected chi connectivity index (χ0v) is 11.6. The molecule has 0 heterocycles. The van der Waals surface area contributed by atoms with Crippen molar-refractivity contribution in [2.75, 3.05) is 20.3 Å². The normalized spacial score (nSPS) is 10.2. The SMILES string of the molecule is COC(=O)c1cc(OCCN)cc(-c2ccc(F)cc2)c1. The predicted octanol–water partition coefficient (Wildman–Crippen LogP) is 2.62. The highest BCUT2D eigenvalue weighted by Crippen LogP contribution is 2.27. The number of carbonyl (C=O) groups excluding carboxylic acids is 1. The first-order chi connectivity index (χ1) is 10.1. The van der Waals surface area contributed by atoms with E-state index in [0.29, 0.717) is 24.5 Å². The molecule has 0 amide bonds. The number of rotatable bonds is 5. The van der Waals surface area contributed by atoms with Gasteiger partial charge in [0, 0.05) is 6.54 Å². The van der Waals surface area contributed by atoms with Crippen molar-refractivity contribution in [3.8, 4) is 16.9 Å². The first-order valence-corrected chi connectivity index (χ1v) is 6.46. The Morgan fingerprint density at radius 2 is 1.86 bits per heavy atom. The van der Waals surface area contributed by atoms with Gasteiger partial charge in [-0.1, -0.05) is 12.1 Å². The van der Waals surface area contributed by atoms with E-state index < -0.39 is 5.97 Å². The van der Waals surface area contributed by atoms with Gasteiger partial charge in [0.2, 0.25) is 0 Å². The second-order valence-electron chi connectivity index (χ2n) is 4.38. The van der Waals surface area contributed by atoms with E-state index in [0.717, 1.165) is 11.1 Å². The van der Waals surface area contributed by atoms with Crippen molar-refractivity contribution in [1.29, 1.82) is 0 Å². The van der Waals surface area contributed by atoms with Crippen LogP contribution in [0.4, 0.5) is 4.39 Å². The molecular formula is C16H16FNO3. The summed E-state index contributed by atoms with van der Waals surface area (Å²) in [4.78, 5) is 11.7. The number of hydrogen-bond donors (Lipinski definition) is 1. The van der Waals surface area contributed by atoms with E-state index in [9.17, 15) is 9.18 Å². The number of carbonyl (C=O) groups is 1. The van der Waals surface area contributed by atoms with Crippen molar-refractivity contribution in [2.45, 2.75) is 0 Å². The number of ether oxygens (including phenoxy) is 2. The van der Waals surface area contributed by atoms with Crippen molar-refractivity contribution < 1.29 is 18.7 Å². The third-order valence-electron chi connectivity index (χ3n) is 2.89. The van der Waals surface area contributed by atoms with Gasteiger partial charge < -0.3 is 15.2 Å². The second kappa shape index (κ2) is 6.85. The minimum absolute atomic E-state index is 0.317. The lowest BCUT2D eigenvalue weighted by Gasteiger charge is -2.10. The van der Waals surface area contributed by atoms with E-state index in [1.807, 2.05) is 0 Å². The van der Waals surface area contributed by atoms with Gasteiger partial charge in [-0.25, -0.2) is 9.18 Å². The highest BCUT2D eigenvalue weighted by molar-refractivity contribution is 5.91. The molecule has 0 saturated carbocycles. The molecule has 0 aliphatic rings. The Kier molecular flexibility index (Phi) is 4.90. The highest BCUT2D eigenvalue weighted by atomic mass is 19.1. The Balaban J connectivity index is 2.43. The molecule has 110 valence electrons. The third-order valence-corrected chi connectivity index (χ3v) is 2.89. The first kappa shape index (κ1) is 15.0. The molecule has 2 aromatic carbocycles. The van der Waals surface area contributed by atoms with Crippen LogP contribution in [0.1, 0.15) is 10.4 Å². The molecule has 0 aromatic heterocycles. The molecule has 0 unspecified atom stereocenters. The van der Waals surface area contributed by atoms with Gasteiger partial charge in [0.25, 0.3) is 0 Å². The van der Waals surface area contributed by atoms with Crippen molar-refractivity contribution in [3.05, 3.63) is 53.8 Å². The van der Waals surface area contributed by atoms with E-state index in [-0.39, 0.29) is 5.82 Å². The number of nitrogens with two attached hydrogens (primary N) is 1. The number of benzene rings is 2. The molecule has 2 rings (SSSR count). The van der Waals surface area contributed by atoms with E-state index in [1.165, 1.54) is 19.2 Å². The van der Waals surface area contributed by atoms with Crippen LogP contribution in [0.15, 0.2) is 42.5 Å². The fourth-order valence-electron chi connectivity index (χ4n) is 1.90. The van der Waals surface area contributed by atoms with Crippen LogP contribution in [0.2, 0.25) is 0 Å². The van der Waals surface area contributed by atoms with E-state index in [1.54, 1.807) is 30.3 Å². The van der Waals surface area contributed by atoms with Crippen LogP contribution in [0.25, 0.3) is 11.1 Å². The summed E-state index contributed by atoms with van der Waals surface area (Å²) < 4.78 is 23.2. The van der Waals surface area contributed by atoms with Crippen LogP contribution >= 0.6 is 0 Å². The number of esters is 1. The Bertz CT molecular complexity index is 626. The lowest BCUT2D eigenvalue weighted by molar-refractivity contribution is 0.0600. The number of methoxy groups -OCH3 is 1. The summed E-state index contributed by atoms with van der Waals surface area (Å²) in [5.74, 6) is -0.262. The molecule has 21 heavy (non-hydrogen) atoms.